The summed E-state index contributed by atoms with van der Waals surface area (Å²) in [7, 11) is 0. The van der Waals surface area contributed by atoms with Crippen LogP contribution in [0.2, 0.25) is 0 Å². The van der Waals surface area contributed by atoms with E-state index in [1.54, 1.807) is 22.7 Å². The molecule has 0 aliphatic heterocycles. The van der Waals surface area contributed by atoms with Crippen molar-refractivity contribution in [1.29, 1.82) is 0 Å². The van der Waals surface area contributed by atoms with Gasteiger partial charge in [0.2, 0.25) is 0 Å². The maximum Gasteiger partial charge on any atom is 0.0820 e. The molecule has 0 unspecified atom stereocenters. The first-order valence-corrected chi connectivity index (χ1v) is 11.4. The largest absolute Gasteiger partial charge is 0.245 e. The van der Waals surface area contributed by atoms with E-state index in [2.05, 4.69) is 86.5 Å². The standard InChI is InChI=1S/C24H26N2S2/c1-23(2,3)15-7-8-16-17(9-15)18(20-11-27-13-25-20)10-19(24(4,5)6)22(16)21-12-28-14-26-21/h7-14H,1-6H3. The van der Waals surface area contributed by atoms with Crippen LogP contribution in [0.1, 0.15) is 52.7 Å². The molecule has 4 rings (SSSR count). The first kappa shape index (κ1) is 19.3. The molecule has 2 heterocycles. The third kappa shape index (κ3) is 3.40. The lowest BCUT2D eigenvalue weighted by atomic mass is 9.78. The van der Waals surface area contributed by atoms with Gasteiger partial charge in [-0.25, -0.2) is 9.97 Å². The highest BCUT2D eigenvalue weighted by Gasteiger charge is 2.25. The van der Waals surface area contributed by atoms with Gasteiger partial charge in [0.05, 0.1) is 22.4 Å². The smallest absolute Gasteiger partial charge is 0.0820 e. The maximum atomic E-state index is 4.68. The Labute approximate surface area is 175 Å². The molecular weight excluding hydrogens is 380 g/mol. The third-order valence-electron chi connectivity index (χ3n) is 5.21. The number of fused-ring (bicyclic) bond motifs is 1. The number of hydrogen-bond donors (Lipinski definition) is 0. The van der Waals surface area contributed by atoms with Crippen LogP contribution in [-0.2, 0) is 10.8 Å². The van der Waals surface area contributed by atoms with Crippen LogP contribution >= 0.6 is 22.7 Å². The van der Waals surface area contributed by atoms with Gasteiger partial charge in [-0.2, -0.15) is 0 Å². The second kappa shape index (κ2) is 6.78. The van der Waals surface area contributed by atoms with E-state index in [0.717, 1.165) is 11.4 Å². The summed E-state index contributed by atoms with van der Waals surface area (Å²) < 4.78 is 0. The first-order chi connectivity index (χ1) is 13.2. The molecule has 0 atom stereocenters. The summed E-state index contributed by atoms with van der Waals surface area (Å²) in [6.07, 6.45) is 0. The molecule has 28 heavy (non-hydrogen) atoms. The van der Waals surface area contributed by atoms with E-state index < -0.39 is 0 Å². The molecule has 0 spiro atoms. The lowest BCUT2D eigenvalue weighted by Crippen LogP contribution is -2.14. The van der Waals surface area contributed by atoms with Crippen molar-refractivity contribution in [3.63, 3.8) is 0 Å². The summed E-state index contributed by atoms with van der Waals surface area (Å²) in [5.74, 6) is 0. The van der Waals surface area contributed by atoms with Crippen LogP contribution in [0.15, 0.2) is 46.0 Å². The van der Waals surface area contributed by atoms with E-state index in [9.17, 15) is 0 Å². The van der Waals surface area contributed by atoms with E-state index in [1.807, 2.05) is 11.0 Å². The highest BCUT2D eigenvalue weighted by atomic mass is 32.1. The fraction of sp³-hybridized carbons (Fsp3) is 0.333. The summed E-state index contributed by atoms with van der Waals surface area (Å²) in [4.78, 5) is 9.33. The minimum atomic E-state index is 0.000605. The quantitative estimate of drug-likeness (QED) is 0.341. The van der Waals surface area contributed by atoms with Crippen molar-refractivity contribution in [2.45, 2.75) is 52.4 Å². The van der Waals surface area contributed by atoms with E-state index in [-0.39, 0.29) is 10.8 Å². The molecule has 2 aromatic carbocycles. The minimum Gasteiger partial charge on any atom is -0.245 e. The monoisotopic (exact) mass is 406 g/mol. The Balaban J connectivity index is 2.17. The maximum absolute atomic E-state index is 4.68. The zero-order valence-corrected chi connectivity index (χ0v) is 19.0. The Morgan fingerprint density at radius 1 is 0.714 bits per heavy atom. The van der Waals surface area contributed by atoms with Crippen molar-refractivity contribution in [3.05, 3.63) is 57.2 Å². The van der Waals surface area contributed by atoms with Crippen molar-refractivity contribution in [2.75, 3.05) is 0 Å². The second-order valence-electron chi connectivity index (χ2n) is 9.35. The van der Waals surface area contributed by atoms with Crippen molar-refractivity contribution in [2.24, 2.45) is 0 Å². The van der Waals surface area contributed by atoms with Gasteiger partial charge in [0, 0.05) is 21.9 Å². The SMILES string of the molecule is CC(C)(C)c1ccc2c(-c3cscn3)c(C(C)(C)C)cc(-c3cscn3)c2c1. The summed E-state index contributed by atoms with van der Waals surface area (Å²) in [5, 5.41) is 6.82. The van der Waals surface area contributed by atoms with Gasteiger partial charge in [0.1, 0.15) is 0 Å². The summed E-state index contributed by atoms with van der Waals surface area (Å²) in [6.45, 7) is 13.6. The molecule has 0 aliphatic rings. The number of benzene rings is 2. The fourth-order valence-corrected chi connectivity index (χ4v) is 4.75. The molecule has 0 radical (unpaired) electrons. The van der Waals surface area contributed by atoms with Gasteiger partial charge >= 0.3 is 0 Å². The molecule has 0 bridgehead atoms. The van der Waals surface area contributed by atoms with Gasteiger partial charge in [0.25, 0.3) is 0 Å². The molecular formula is C24H26N2S2. The molecule has 4 aromatic rings. The minimum absolute atomic E-state index is 0.000605. The topological polar surface area (TPSA) is 25.8 Å². The Hall–Kier alpha value is -2.04. The van der Waals surface area contributed by atoms with Crippen molar-refractivity contribution in [1.82, 2.24) is 9.97 Å². The Kier molecular flexibility index (Phi) is 4.67. The van der Waals surface area contributed by atoms with Crippen LogP contribution in [0.4, 0.5) is 0 Å². The summed E-state index contributed by atoms with van der Waals surface area (Å²) in [6, 6.07) is 9.26. The molecule has 0 saturated carbocycles. The van der Waals surface area contributed by atoms with Crippen molar-refractivity contribution in [3.8, 4) is 22.5 Å². The average Bonchev–Trinajstić information content (AvgIpc) is 3.32. The predicted octanol–water partition coefficient (Wildman–Crippen LogP) is 7.68. The molecule has 0 N–H and O–H groups in total. The summed E-state index contributed by atoms with van der Waals surface area (Å²) >= 11 is 3.30. The van der Waals surface area contributed by atoms with Gasteiger partial charge in [-0.15, -0.1) is 22.7 Å². The number of rotatable bonds is 2. The van der Waals surface area contributed by atoms with E-state index in [0.29, 0.717) is 0 Å². The molecule has 2 nitrogen and oxygen atoms in total. The van der Waals surface area contributed by atoms with Crippen molar-refractivity contribution >= 4 is 33.4 Å². The highest BCUT2D eigenvalue weighted by Crippen LogP contribution is 2.43. The molecule has 2 aromatic heterocycles. The van der Waals surface area contributed by atoms with Crippen LogP contribution in [-0.4, -0.2) is 9.97 Å². The Bertz CT molecular complexity index is 1110. The number of nitrogens with zero attached hydrogens (tertiary/aromatic N) is 2. The molecule has 144 valence electrons. The Morgan fingerprint density at radius 2 is 1.36 bits per heavy atom. The number of thiazole rings is 2. The molecule has 0 aliphatic carbocycles. The number of hydrogen-bond acceptors (Lipinski definition) is 4. The van der Waals surface area contributed by atoms with Crippen molar-refractivity contribution < 1.29 is 0 Å². The van der Waals surface area contributed by atoms with Gasteiger partial charge in [-0.3, -0.25) is 0 Å². The van der Waals surface area contributed by atoms with Crippen LogP contribution in [0.5, 0.6) is 0 Å². The molecule has 0 amide bonds. The lowest BCUT2D eigenvalue weighted by Gasteiger charge is -2.26. The molecule has 0 saturated heterocycles. The van der Waals surface area contributed by atoms with E-state index >= 15 is 0 Å². The zero-order valence-electron chi connectivity index (χ0n) is 17.3. The Morgan fingerprint density at radius 3 is 1.89 bits per heavy atom. The zero-order chi connectivity index (χ0) is 20.1. The highest BCUT2D eigenvalue weighted by molar-refractivity contribution is 7.08. The van der Waals surface area contributed by atoms with E-state index in [4.69, 9.17) is 0 Å². The average molecular weight is 407 g/mol. The van der Waals surface area contributed by atoms with E-state index in [1.165, 1.54) is 33.0 Å². The van der Waals surface area contributed by atoms with Crippen LogP contribution in [0.25, 0.3) is 33.3 Å². The second-order valence-corrected chi connectivity index (χ2v) is 10.8. The van der Waals surface area contributed by atoms with Gasteiger partial charge in [-0.05, 0) is 44.9 Å². The molecule has 0 fully saturated rings. The van der Waals surface area contributed by atoms with Crippen LogP contribution in [0, 0.1) is 0 Å². The first-order valence-electron chi connectivity index (χ1n) is 9.55. The normalized spacial score (nSPS) is 12.6. The lowest BCUT2D eigenvalue weighted by molar-refractivity contribution is 0.590. The fourth-order valence-electron chi connectivity index (χ4n) is 3.65. The number of aromatic nitrogens is 2. The predicted molar refractivity (Wildman–Crippen MR) is 124 cm³/mol. The van der Waals surface area contributed by atoms with Gasteiger partial charge in [0.15, 0.2) is 0 Å². The third-order valence-corrected chi connectivity index (χ3v) is 6.38. The van der Waals surface area contributed by atoms with Crippen LogP contribution < -0.4 is 0 Å². The molecule has 4 heteroatoms. The van der Waals surface area contributed by atoms with Gasteiger partial charge < -0.3 is 0 Å². The van der Waals surface area contributed by atoms with Gasteiger partial charge in [-0.1, -0.05) is 53.7 Å². The summed E-state index contributed by atoms with van der Waals surface area (Å²) in [5.41, 5.74) is 11.2. The van der Waals surface area contributed by atoms with Crippen LogP contribution in [0.3, 0.4) is 0 Å².